The van der Waals surface area contributed by atoms with Crippen LogP contribution in [0.1, 0.15) is 5.56 Å². The quantitative estimate of drug-likeness (QED) is 0.192. The van der Waals surface area contributed by atoms with Gasteiger partial charge >= 0.3 is 6.85 Å². The second kappa shape index (κ2) is 9.18. The van der Waals surface area contributed by atoms with Crippen molar-refractivity contribution < 1.29 is 4.42 Å². The van der Waals surface area contributed by atoms with Gasteiger partial charge in [0.05, 0.1) is 11.0 Å². The van der Waals surface area contributed by atoms with E-state index in [1.54, 1.807) is 0 Å². The number of fused-ring (bicyclic) bond motifs is 9. The number of furan rings is 1. The lowest BCUT2D eigenvalue weighted by Gasteiger charge is -2.42. The van der Waals surface area contributed by atoms with Crippen molar-refractivity contribution >= 4 is 67.6 Å². The van der Waals surface area contributed by atoms with Crippen LogP contribution in [0.15, 0.2) is 132 Å². The number of rotatable bonds is 3. The molecule has 0 amide bonds. The fourth-order valence-corrected chi connectivity index (χ4v) is 8.06. The normalized spacial score (nSPS) is 13.0. The molecule has 2 aliphatic rings. The van der Waals surface area contributed by atoms with Crippen molar-refractivity contribution in [3.63, 3.8) is 0 Å². The SMILES string of the molecule is Cc1cc2c3c4c1c1ccccc1n4-c1cc4cc(-c5ccccc5)oc4cc1B3N(c1ccc(N(C)C)cc1)c1ccccc1-2. The highest BCUT2D eigenvalue weighted by Gasteiger charge is 2.44. The molecule has 0 N–H and O–H groups in total. The zero-order chi connectivity index (χ0) is 30.7. The highest BCUT2D eigenvalue weighted by molar-refractivity contribution is 6.93. The molecule has 4 heterocycles. The standard InChI is InChI=1S/C41H30BN3O/c1-25-21-32-30-13-7-10-16-35(30)45(29-19-17-28(18-20-29)43(2)3)42-33-24-38-27(23-37(46-38)26-11-5-4-6-12-26)22-36(33)44-34-15-9-8-14-31(34)39(25)41(44)40(32)42/h4-24H,1-3H3. The Kier molecular flexibility index (Phi) is 5.11. The lowest BCUT2D eigenvalue weighted by Crippen LogP contribution is -2.60. The van der Waals surface area contributed by atoms with Gasteiger partial charge in [-0.25, -0.2) is 0 Å². The lowest BCUT2D eigenvalue weighted by atomic mass is 9.44. The van der Waals surface area contributed by atoms with Crippen molar-refractivity contribution in [2.24, 2.45) is 0 Å². The number of hydrogen-bond donors (Lipinski definition) is 0. The van der Waals surface area contributed by atoms with Crippen LogP contribution in [0.25, 0.3) is 60.9 Å². The summed E-state index contributed by atoms with van der Waals surface area (Å²) in [5.41, 5.74) is 15.8. The minimum Gasteiger partial charge on any atom is -0.456 e. The van der Waals surface area contributed by atoms with Gasteiger partial charge in [-0.15, -0.1) is 0 Å². The summed E-state index contributed by atoms with van der Waals surface area (Å²) in [6, 6.07) is 46.5. The van der Waals surface area contributed by atoms with Crippen molar-refractivity contribution in [1.82, 2.24) is 4.57 Å². The fourth-order valence-electron chi connectivity index (χ4n) is 8.06. The van der Waals surface area contributed by atoms with Gasteiger partial charge in [0.2, 0.25) is 0 Å². The Bertz CT molecular complexity index is 2520. The van der Waals surface area contributed by atoms with Crippen LogP contribution >= 0.6 is 0 Å². The van der Waals surface area contributed by atoms with E-state index in [9.17, 15) is 0 Å². The molecule has 0 bridgehead atoms. The zero-order valence-corrected chi connectivity index (χ0v) is 26.0. The Hall–Kier alpha value is -5.68. The van der Waals surface area contributed by atoms with Crippen LogP contribution in [-0.4, -0.2) is 25.5 Å². The molecule has 5 heteroatoms. The third-order valence-corrected chi connectivity index (χ3v) is 10.1. The number of para-hydroxylation sites is 2. The first-order chi connectivity index (χ1) is 22.6. The van der Waals surface area contributed by atoms with Crippen LogP contribution in [0.3, 0.4) is 0 Å². The fraction of sp³-hybridized carbons (Fsp3) is 0.0732. The Morgan fingerprint density at radius 1 is 0.696 bits per heavy atom. The predicted octanol–water partition coefficient (Wildman–Crippen LogP) is 8.81. The molecule has 218 valence electrons. The van der Waals surface area contributed by atoms with Crippen LogP contribution in [0.4, 0.5) is 17.1 Å². The summed E-state index contributed by atoms with van der Waals surface area (Å²) in [5.74, 6) is 0.889. The maximum absolute atomic E-state index is 6.63. The lowest BCUT2D eigenvalue weighted by molar-refractivity contribution is 0.632. The number of nitrogens with zero attached hydrogens (tertiary/aromatic N) is 3. The molecule has 46 heavy (non-hydrogen) atoms. The monoisotopic (exact) mass is 591 g/mol. The van der Waals surface area contributed by atoms with Crippen molar-refractivity contribution in [2.45, 2.75) is 6.92 Å². The summed E-state index contributed by atoms with van der Waals surface area (Å²) in [6.45, 7) is 2.23. The van der Waals surface area contributed by atoms with E-state index in [1.807, 2.05) is 6.07 Å². The van der Waals surface area contributed by atoms with E-state index >= 15 is 0 Å². The number of aryl methyl sites for hydroxylation is 1. The van der Waals surface area contributed by atoms with Gasteiger partial charge in [0, 0.05) is 64.1 Å². The van der Waals surface area contributed by atoms with Crippen LogP contribution in [-0.2, 0) is 0 Å². The maximum atomic E-state index is 6.63. The first-order valence-electron chi connectivity index (χ1n) is 15.9. The summed E-state index contributed by atoms with van der Waals surface area (Å²) in [6.07, 6.45) is 0. The van der Waals surface area contributed by atoms with Gasteiger partial charge in [-0.2, -0.15) is 0 Å². The van der Waals surface area contributed by atoms with Crippen molar-refractivity contribution in [1.29, 1.82) is 0 Å². The molecule has 2 aliphatic heterocycles. The molecule has 0 unspecified atom stereocenters. The Balaban J connectivity index is 1.35. The van der Waals surface area contributed by atoms with Crippen molar-refractivity contribution in [3.8, 4) is 28.1 Å². The topological polar surface area (TPSA) is 24.6 Å². The van der Waals surface area contributed by atoms with Gasteiger partial charge in [0.25, 0.3) is 0 Å². The summed E-state index contributed by atoms with van der Waals surface area (Å²) in [7, 11) is 4.18. The van der Waals surface area contributed by atoms with Crippen molar-refractivity contribution in [2.75, 3.05) is 23.8 Å². The van der Waals surface area contributed by atoms with E-state index in [-0.39, 0.29) is 6.85 Å². The maximum Gasteiger partial charge on any atom is 0.333 e. The molecule has 10 rings (SSSR count). The highest BCUT2D eigenvalue weighted by atomic mass is 16.3. The molecular weight excluding hydrogens is 561 g/mol. The summed E-state index contributed by atoms with van der Waals surface area (Å²) in [4.78, 5) is 4.71. The molecule has 6 aromatic carbocycles. The van der Waals surface area contributed by atoms with E-state index in [0.29, 0.717) is 0 Å². The van der Waals surface area contributed by atoms with Crippen LogP contribution in [0.5, 0.6) is 0 Å². The smallest absolute Gasteiger partial charge is 0.333 e. The van der Waals surface area contributed by atoms with Gasteiger partial charge in [-0.3, -0.25) is 0 Å². The Morgan fingerprint density at radius 3 is 2.28 bits per heavy atom. The Morgan fingerprint density at radius 2 is 1.46 bits per heavy atom. The van der Waals surface area contributed by atoms with E-state index in [4.69, 9.17) is 4.42 Å². The molecule has 0 saturated heterocycles. The summed E-state index contributed by atoms with van der Waals surface area (Å²) in [5, 5.41) is 3.74. The molecule has 0 saturated carbocycles. The zero-order valence-electron chi connectivity index (χ0n) is 26.0. The molecule has 2 aromatic heterocycles. The highest BCUT2D eigenvalue weighted by Crippen LogP contribution is 2.46. The first kappa shape index (κ1) is 25.6. The van der Waals surface area contributed by atoms with Gasteiger partial charge < -0.3 is 18.7 Å². The second-order valence-electron chi connectivity index (χ2n) is 12.9. The molecule has 0 spiro atoms. The van der Waals surface area contributed by atoms with Gasteiger partial charge in [0.1, 0.15) is 11.3 Å². The van der Waals surface area contributed by atoms with Gasteiger partial charge in [-0.1, -0.05) is 72.8 Å². The first-order valence-corrected chi connectivity index (χ1v) is 15.9. The van der Waals surface area contributed by atoms with E-state index in [1.165, 1.54) is 72.2 Å². The van der Waals surface area contributed by atoms with Crippen LogP contribution in [0, 0.1) is 6.92 Å². The summed E-state index contributed by atoms with van der Waals surface area (Å²) < 4.78 is 9.16. The minimum absolute atomic E-state index is 0.0420. The largest absolute Gasteiger partial charge is 0.456 e. The molecule has 0 fully saturated rings. The van der Waals surface area contributed by atoms with Crippen molar-refractivity contribution in [3.05, 3.63) is 133 Å². The second-order valence-corrected chi connectivity index (χ2v) is 12.9. The van der Waals surface area contributed by atoms with E-state index in [0.717, 1.165) is 22.3 Å². The predicted molar refractivity (Wildman–Crippen MR) is 194 cm³/mol. The molecule has 0 atom stereocenters. The minimum atomic E-state index is -0.0420. The van der Waals surface area contributed by atoms with Gasteiger partial charge in [-0.05, 0) is 83.6 Å². The number of benzene rings is 6. The Labute approximate surface area is 267 Å². The molecular formula is C41H30BN3O. The molecule has 0 aliphatic carbocycles. The van der Waals surface area contributed by atoms with Crippen LogP contribution < -0.4 is 20.6 Å². The van der Waals surface area contributed by atoms with E-state index in [2.05, 4.69) is 157 Å². The summed E-state index contributed by atoms with van der Waals surface area (Å²) >= 11 is 0. The van der Waals surface area contributed by atoms with Gasteiger partial charge in [0.15, 0.2) is 0 Å². The third kappa shape index (κ3) is 3.35. The average molecular weight is 592 g/mol. The van der Waals surface area contributed by atoms with Crippen LogP contribution in [0.2, 0.25) is 0 Å². The molecule has 4 nitrogen and oxygen atoms in total. The molecule has 8 aromatic rings. The third-order valence-electron chi connectivity index (χ3n) is 10.1. The number of hydrogen-bond acceptors (Lipinski definition) is 3. The molecule has 0 radical (unpaired) electrons. The van der Waals surface area contributed by atoms with E-state index < -0.39 is 0 Å². The average Bonchev–Trinajstić information content (AvgIpc) is 3.67. The number of anilines is 3. The number of aromatic nitrogens is 1.